The van der Waals surface area contributed by atoms with Crippen LogP contribution >= 0.6 is 0 Å². The molecule has 4 heteroatoms. The number of hydrogen-bond donors (Lipinski definition) is 0. The van der Waals surface area contributed by atoms with Crippen LogP contribution in [0.2, 0.25) is 0 Å². The lowest BCUT2D eigenvalue weighted by molar-refractivity contribution is 0.148. The lowest BCUT2D eigenvalue weighted by atomic mass is 10.2. The molecule has 88 valence electrons. The Hall–Kier alpha value is -1.13. The molecule has 1 saturated heterocycles. The van der Waals surface area contributed by atoms with Crippen LogP contribution in [0.1, 0.15) is 5.56 Å². The van der Waals surface area contributed by atoms with Gasteiger partial charge in [-0.1, -0.05) is 6.07 Å². The zero-order valence-electron chi connectivity index (χ0n) is 10.0. The van der Waals surface area contributed by atoms with Crippen molar-refractivity contribution < 1.29 is 4.74 Å². The molecule has 0 aromatic carbocycles. The van der Waals surface area contributed by atoms with Crippen LogP contribution in [-0.4, -0.2) is 55.1 Å². The van der Waals surface area contributed by atoms with Gasteiger partial charge < -0.3 is 9.64 Å². The van der Waals surface area contributed by atoms with Crippen LogP contribution in [0, 0.1) is 0 Å². The summed E-state index contributed by atoms with van der Waals surface area (Å²) in [6, 6.07) is 4.01. The average Bonchev–Trinajstić information content (AvgIpc) is 2.33. The smallest absolute Gasteiger partial charge is 0.212 e. The number of nitrogens with zero attached hydrogens (tertiary/aromatic N) is 3. The van der Waals surface area contributed by atoms with Gasteiger partial charge in [0.2, 0.25) is 5.88 Å². The van der Waals surface area contributed by atoms with E-state index < -0.39 is 0 Å². The van der Waals surface area contributed by atoms with Gasteiger partial charge in [0, 0.05) is 45.0 Å². The van der Waals surface area contributed by atoms with E-state index in [1.807, 2.05) is 12.3 Å². The lowest BCUT2D eigenvalue weighted by Crippen LogP contribution is -2.43. The molecule has 0 unspecified atom stereocenters. The first-order valence-corrected chi connectivity index (χ1v) is 5.68. The molecule has 0 saturated carbocycles. The monoisotopic (exact) mass is 221 g/mol. The minimum absolute atomic E-state index is 0.683. The number of aromatic nitrogens is 1. The molecule has 4 nitrogen and oxygen atoms in total. The standard InChI is InChI=1S/C12H19N3O/c1-14-5-7-15(8-6-14)10-11-3-4-12(16-2)13-9-11/h3-4,9H,5-8,10H2,1-2H3. The van der Waals surface area contributed by atoms with Crippen LogP contribution in [-0.2, 0) is 6.54 Å². The molecule has 1 aliphatic heterocycles. The maximum atomic E-state index is 5.04. The van der Waals surface area contributed by atoms with Crippen molar-refractivity contribution in [2.24, 2.45) is 0 Å². The van der Waals surface area contributed by atoms with Gasteiger partial charge >= 0.3 is 0 Å². The van der Waals surface area contributed by atoms with Gasteiger partial charge in [0.05, 0.1) is 7.11 Å². The summed E-state index contributed by atoms with van der Waals surface area (Å²) in [5.41, 5.74) is 1.25. The van der Waals surface area contributed by atoms with Gasteiger partial charge in [-0.25, -0.2) is 4.98 Å². The van der Waals surface area contributed by atoms with Crippen LogP contribution in [0.15, 0.2) is 18.3 Å². The number of methoxy groups -OCH3 is 1. The van der Waals surface area contributed by atoms with Crippen LogP contribution in [0.4, 0.5) is 0 Å². The molecule has 0 bridgehead atoms. The summed E-state index contributed by atoms with van der Waals surface area (Å²) in [6.07, 6.45) is 1.90. The van der Waals surface area contributed by atoms with Crippen molar-refractivity contribution in [2.45, 2.75) is 6.54 Å². The minimum Gasteiger partial charge on any atom is -0.481 e. The Morgan fingerprint density at radius 1 is 1.25 bits per heavy atom. The van der Waals surface area contributed by atoms with Gasteiger partial charge in [0.1, 0.15) is 0 Å². The molecule has 0 spiro atoms. The predicted molar refractivity (Wildman–Crippen MR) is 63.6 cm³/mol. The molecule has 16 heavy (non-hydrogen) atoms. The number of pyridine rings is 1. The zero-order valence-corrected chi connectivity index (χ0v) is 10.0. The molecule has 1 aromatic heterocycles. The van der Waals surface area contributed by atoms with Crippen LogP contribution in [0.3, 0.4) is 0 Å². The quantitative estimate of drug-likeness (QED) is 0.756. The van der Waals surface area contributed by atoms with Crippen molar-refractivity contribution in [1.29, 1.82) is 0 Å². The van der Waals surface area contributed by atoms with E-state index in [0.717, 1.165) is 32.7 Å². The van der Waals surface area contributed by atoms with E-state index in [1.165, 1.54) is 5.56 Å². The van der Waals surface area contributed by atoms with Crippen molar-refractivity contribution in [3.05, 3.63) is 23.9 Å². The average molecular weight is 221 g/mol. The van der Waals surface area contributed by atoms with Gasteiger partial charge in [-0.15, -0.1) is 0 Å². The van der Waals surface area contributed by atoms with Crippen molar-refractivity contribution in [1.82, 2.24) is 14.8 Å². The summed E-state index contributed by atoms with van der Waals surface area (Å²) in [5.74, 6) is 0.683. The molecular weight excluding hydrogens is 202 g/mol. The first-order valence-electron chi connectivity index (χ1n) is 5.68. The van der Waals surface area contributed by atoms with Crippen molar-refractivity contribution >= 4 is 0 Å². The minimum atomic E-state index is 0.683. The molecule has 1 aromatic rings. The normalized spacial score (nSPS) is 18.6. The van der Waals surface area contributed by atoms with Crippen LogP contribution in [0.25, 0.3) is 0 Å². The molecule has 1 aliphatic rings. The SMILES string of the molecule is COc1ccc(CN2CCN(C)CC2)cn1. The summed E-state index contributed by atoms with van der Waals surface area (Å²) in [7, 11) is 3.81. The molecular formula is C12H19N3O. The van der Waals surface area contributed by atoms with Gasteiger partial charge in [-0.3, -0.25) is 4.90 Å². The fraction of sp³-hybridized carbons (Fsp3) is 0.583. The lowest BCUT2D eigenvalue weighted by Gasteiger charge is -2.32. The van der Waals surface area contributed by atoms with Crippen molar-refractivity contribution in [2.75, 3.05) is 40.3 Å². The van der Waals surface area contributed by atoms with E-state index in [1.54, 1.807) is 7.11 Å². The Kier molecular flexibility index (Phi) is 3.74. The third kappa shape index (κ3) is 2.93. The van der Waals surface area contributed by atoms with E-state index in [2.05, 4.69) is 27.9 Å². The molecule has 0 amide bonds. The number of ether oxygens (including phenoxy) is 1. The molecule has 0 N–H and O–H groups in total. The fourth-order valence-corrected chi connectivity index (χ4v) is 1.89. The van der Waals surface area contributed by atoms with Crippen molar-refractivity contribution in [3.63, 3.8) is 0 Å². The highest BCUT2D eigenvalue weighted by Gasteiger charge is 2.13. The second-order valence-electron chi connectivity index (χ2n) is 4.29. The molecule has 1 fully saturated rings. The number of piperazine rings is 1. The Balaban J connectivity index is 1.88. The second kappa shape index (κ2) is 5.27. The third-order valence-corrected chi connectivity index (χ3v) is 3.01. The maximum absolute atomic E-state index is 5.04. The summed E-state index contributed by atoms with van der Waals surface area (Å²) >= 11 is 0. The molecule has 0 atom stereocenters. The third-order valence-electron chi connectivity index (χ3n) is 3.01. The fourth-order valence-electron chi connectivity index (χ4n) is 1.89. The summed E-state index contributed by atoms with van der Waals surface area (Å²) in [6.45, 7) is 5.59. The van der Waals surface area contributed by atoms with Gasteiger partial charge in [0.15, 0.2) is 0 Å². The van der Waals surface area contributed by atoms with E-state index in [4.69, 9.17) is 4.74 Å². The summed E-state index contributed by atoms with van der Waals surface area (Å²) in [4.78, 5) is 9.04. The predicted octanol–water partition coefficient (Wildman–Crippen LogP) is 0.838. The number of likely N-dealkylation sites (N-methyl/N-ethyl adjacent to an activating group) is 1. The molecule has 2 heterocycles. The molecule has 0 aliphatic carbocycles. The first-order chi connectivity index (χ1) is 7.78. The maximum Gasteiger partial charge on any atom is 0.212 e. The summed E-state index contributed by atoms with van der Waals surface area (Å²) in [5, 5.41) is 0. The zero-order chi connectivity index (χ0) is 11.4. The Morgan fingerprint density at radius 3 is 2.56 bits per heavy atom. The Labute approximate surface area is 96.8 Å². The Morgan fingerprint density at radius 2 is 2.00 bits per heavy atom. The van der Waals surface area contributed by atoms with E-state index in [9.17, 15) is 0 Å². The van der Waals surface area contributed by atoms with Crippen LogP contribution < -0.4 is 4.74 Å². The van der Waals surface area contributed by atoms with Gasteiger partial charge in [-0.2, -0.15) is 0 Å². The van der Waals surface area contributed by atoms with Gasteiger partial charge in [-0.05, 0) is 12.6 Å². The van der Waals surface area contributed by atoms with Crippen molar-refractivity contribution in [3.8, 4) is 5.88 Å². The second-order valence-corrected chi connectivity index (χ2v) is 4.29. The molecule has 0 radical (unpaired) electrons. The largest absolute Gasteiger partial charge is 0.481 e. The number of rotatable bonds is 3. The van der Waals surface area contributed by atoms with E-state index in [0.29, 0.717) is 5.88 Å². The van der Waals surface area contributed by atoms with Gasteiger partial charge in [0.25, 0.3) is 0 Å². The van der Waals surface area contributed by atoms with Crippen LogP contribution in [0.5, 0.6) is 5.88 Å². The highest BCUT2D eigenvalue weighted by molar-refractivity contribution is 5.17. The first kappa shape index (κ1) is 11.4. The topological polar surface area (TPSA) is 28.6 Å². The highest BCUT2D eigenvalue weighted by Crippen LogP contribution is 2.10. The van der Waals surface area contributed by atoms with E-state index >= 15 is 0 Å². The highest BCUT2D eigenvalue weighted by atomic mass is 16.5. The summed E-state index contributed by atoms with van der Waals surface area (Å²) < 4.78 is 5.04. The number of hydrogen-bond acceptors (Lipinski definition) is 4. The van der Waals surface area contributed by atoms with E-state index in [-0.39, 0.29) is 0 Å². The Bertz CT molecular complexity index is 318. The molecule has 2 rings (SSSR count).